The van der Waals surface area contributed by atoms with Gasteiger partial charge in [-0.3, -0.25) is 0 Å². The summed E-state index contributed by atoms with van der Waals surface area (Å²) in [4.78, 5) is 46.4. The summed E-state index contributed by atoms with van der Waals surface area (Å²) in [6, 6.07) is 14.5. The molecule has 9 nitrogen and oxygen atoms in total. The first kappa shape index (κ1) is 21.4. The molecule has 0 aliphatic rings. The van der Waals surface area contributed by atoms with Crippen LogP contribution in [0, 0.1) is 0 Å². The maximum absolute atomic E-state index is 11.9. The normalized spacial score (nSPS) is 12.3. The molecule has 9 heteroatoms. The Morgan fingerprint density at radius 2 is 1.03 bits per heavy atom. The fourth-order valence-corrected chi connectivity index (χ4v) is 2.53. The summed E-state index contributed by atoms with van der Waals surface area (Å²) in [7, 11) is 0. The third-order valence-electron chi connectivity index (χ3n) is 3.93. The van der Waals surface area contributed by atoms with E-state index in [0.717, 1.165) is 0 Å². The standard InChI is InChI=1S/C20H20N2O7/c23-17(24)15(11-13-7-3-1-4-8-13)21-19(27)29-20(28)22-16(18(25)26)12-14-9-5-2-6-10-14/h1-10,15-16H,11-12H2,(H,21,27)(H,22,28)(H,23,24)(H,25,26)/t15-,16-/m0/s1. The van der Waals surface area contributed by atoms with E-state index in [2.05, 4.69) is 15.4 Å². The Balaban J connectivity index is 1.91. The van der Waals surface area contributed by atoms with Crippen molar-refractivity contribution in [3.05, 3.63) is 71.8 Å². The molecule has 0 radical (unpaired) electrons. The van der Waals surface area contributed by atoms with E-state index < -0.39 is 36.2 Å². The minimum absolute atomic E-state index is 0.0152. The number of carboxylic acids is 2. The molecule has 2 rings (SSSR count). The highest BCUT2D eigenvalue weighted by Crippen LogP contribution is 2.05. The Morgan fingerprint density at radius 3 is 1.34 bits per heavy atom. The Kier molecular flexibility index (Phi) is 7.72. The van der Waals surface area contributed by atoms with Crippen LogP contribution in [0.3, 0.4) is 0 Å². The summed E-state index contributed by atoms with van der Waals surface area (Å²) in [5, 5.41) is 22.7. The van der Waals surface area contributed by atoms with E-state index in [9.17, 15) is 29.4 Å². The first-order chi connectivity index (χ1) is 13.8. The second kappa shape index (κ2) is 10.5. The Labute approximate surface area is 166 Å². The lowest BCUT2D eigenvalue weighted by atomic mass is 10.1. The molecular weight excluding hydrogens is 380 g/mol. The van der Waals surface area contributed by atoms with E-state index in [-0.39, 0.29) is 12.8 Å². The van der Waals surface area contributed by atoms with Crippen molar-refractivity contribution in [1.29, 1.82) is 0 Å². The van der Waals surface area contributed by atoms with Crippen molar-refractivity contribution in [2.24, 2.45) is 0 Å². The van der Waals surface area contributed by atoms with Crippen molar-refractivity contribution in [2.75, 3.05) is 0 Å². The van der Waals surface area contributed by atoms with Gasteiger partial charge in [-0.05, 0) is 11.1 Å². The van der Waals surface area contributed by atoms with Crippen LogP contribution < -0.4 is 10.6 Å². The Morgan fingerprint density at radius 1 is 0.690 bits per heavy atom. The number of nitrogens with one attached hydrogen (secondary N) is 2. The molecule has 0 bridgehead atoms. The fraction of sp³-hybridized carbons (Fsp3) is 0.200. The molecule has 29 heavy (non-hydrogen) atoms. The van der Waals surface area contributed by atoms with Crippen LogP contribution in [0.15, 0.2) is 60.7 Å². The number of hydrogen-bond acceptors (Lipinski definition) is 5. The highest BCUT2D eigenvalue weighted by molar-refractivity contribution is 5.88. The molecule has 0 saturated carbocycles. The van der Waals surface area contributed by atoms with Gasteiger partial charge >= 0.3 is 24.1 Å². The van der Waals surface area contributed by atoms with Crippen LogP contribution in [0.1, 0.15) is 11.1 Å². The summed E-state index contributed by atoms with van der Waals surface area (Å²) in [6.45, 7) is 0. The minimum atomic E-state index is -1.32. The molecule has 0 aromatic heterocycles. The number of carboxylic acid groups (broad SMARTS) is 2. The number of benzene rings is 2. The van der Waals surface area contributed by atoms with Crippen molar-refractivity contribution in [1.82, 2.24) is 10.6 Å². The van der Waals surface area contributed by atoms with Gasteiger partial charge in [0.1, 0.15) is 12.1 Å². The minimum Gasteiger partial charge on any atom is -0.480 e. The topological polar surface area (TPSA) is 142 Å². The molecule has 0 heterocycles. The van der Waals surface area contributed by atoms with Gasteiger partial charge in [-0.15, -0.1) is 0 Å². The smallest absolute Gasteiger partial charge is 0.416 e. The third-order valence-corrected chi connectivity index (χ3v) is 3.93. The summed E-state index contributed by atoms with van der Waals surface area (Å²) in [6.07, 6.45) is -2.62. The highest BCUT2D eigenvalue weighted by Gasteiger charge is 2.25. The van der Waals surface area contributed by atoms with Crippen LogP contribution in [-0.2, 0) is 27.2 Å². The lowest BCUT2D eigenvalue weighted by Crippen LogP contribution is -2.47. The molecule has 2 amide bonds. The fourth-order valence-electron chi connectivity index (χ4n) is 2.53. The number of carbonyl (C=O) groups is 4. The molecule has 0 saturated heterocycles. The van der Waals surface area contributed by atoms with Crippen LogP contribution in [-0.4, -0.2) is 46.4 Å². The van der Waals surface area contributed by atoms with Gasteiger partial charge in [-0.1, -0.05) is 60.7 Å². The number of alkyl carbamates (subject to hydrolysis) is 2. The van der Waals surface area contributed by atoms with E-state index in [1.54, 1.807) is 60.7 Å². The van der Waals surface area contributed by atoms with Gasteiger partial charge in [-0.25, -0.2) is 19.2 Å². The van der Waals surface area contributed by atoms with Gasteiger partial charge in [0, 0.05) is 12.8 Å². The molecule has 4 N–H and O–H groups in total. The van der Waals surface area contributed by atoms with Gasteiger partial charge in [0.25, 0.3) is 0 Å². The summed E-state index contributed by atoms with van der Waals surface area (Å²) >= 11 is 0. The van der Waals surface area contributed by atoms with Crippen molar-refractivity contribution >= 4 is 24.1 Å². The molecule has 152 valence electrons. The molecule has 0 fully saturated rings. The monoisotopic (exact) mass is 400 g/mol. The average Bonchev–Trinajstić information content (AvgIpc) is 2.68. The Hall–Kier alpha value is -3.88. The lowest BCUT2D eigenvalue weighted by molar-refractivity contribution is -0.140. The van der Waals surface area contributed by atoms with Gasteiger partial charge in [-0.2, -0.15) is 0 Å². The zero-order chi connectivity index (χ0) is 21.2. The molecule has 2 aromatic rings. The quantitative estimate of drug-likeness (QED) is 0.495. The Bertz CT molecular complexity index is 784. The predicted molar refractivity (Wildman–Crippen MR) is 101 cm³/mol. The van der Waals surface area contributed by atoms with Crippen LogP contribution in [0.2, 0.25) is 0 Å². The summed E-state index contributed by atoms with van der Waals surface area (Å²) in [5.41, 5.74) is 1.33. The maximum atomic E-state index is 11.9. The molecule has 0 spiro atoms. The number of ether oxygens (including phenoxy) is 1. The van der Waals surface area contributed by atoms with Gasteiger partial charge in [0.15, 0.2) is 0 Å². The SMILES string of the molecule is O=C(N[C@@H](Cc1ccccc1)C(=O)O)OC(=O)N[C@@H](Cc1ccccc1)C(=O)O. The van der Waals surface area contributed by atoms with E-state index in [1.165, 1.54) is 0 Å². The first-order valence-corrected chi connectivity index (χ1v) is 8.67. The number of hydrogen-bond donors (Lipinski definition) is 4. The van der Waals surface area contributed by atoms with E-state index in [4.69, 9.17) is 0 Å². The highest BCUT2D eigenvalue weighted by atomic mass is 16.6. The molecule has 0 aliphatic carbocycles. The predicted octanol–water partition coefficient (Wildman–Crippen LogP) is 1.81. The molecule has 0 aliphatic heterocycles. The summed E-state index contributed by atoms with van der Waals surface area (Å²) in [5.74, 6) is -2.61. The number of amides is 2. The maximum Gasteiger partial charge on any atom is 0.416 e. The van der Waals surface area contributed by atoms with E-state index >= 15 is 0 Å². The van der Waals surface area contributed by atoms with Gasteiger partial charge in [0.05, 0.1) is 0 Å². The second-order valence-electron chi connectivity index (χ2n) is 6.13. The van der Waals surface area contributed by atoms with Crippen LogP contribution in [0.4, 0.5) is 9.59 Å². The molecule has 2 atom stereocenters. The van der Waals surface area contributed by atoms with Crippen molar-refractivity contribution in [2.45, 2.75) is 24.9 Å². The largest absolute Gasteiger partial charge is 0.480 e. The summed E-state index contributed by atoms with van der Waals surface area (Å²) < 4.78 is 4.46. The van der Waals surface area contributed by atoms with Crippen LogP contribution in [0.25, 0.3) is 0 Å². The van der Waals surface area contributed by atoms with Crippen molar-refractivity contribution in [3.63, 3.8) is 0 Å². The van der Waals surface area contributed by atoms with E-state index in [1.807, 2.05) is 0 Å². The molecular formula is C20H20N2O7. The van der Waals surface area contributed by atoms with Crippen molar-refractivity contribution in [3.8, 4) is 0 Å². The number of carbonyl (C=O) groups excluding carboxylic acids is 2. The van der Waals surface area contributed by atoms with Gasteiger partial charge < -0.3 is 25.6 Å². The van der Waals surface area contributed by atoms with E-state index in [0.29, 0.717) is 11.1 Å². The average molecular weight is 400 g/mol. The first-order valence-electron chi connectivity index (χ1n) is 8.67. The van der Waals surface area contributed by atoms with Crippen LogP contribution >= 0.6 is 0 Å². The zero-order valence-electron chi connectivity index (χ0n) is 15.3. The molecule has 2 aromatic carbocycles. The zero-order valence-corrected chi connectivity index (χ0v) is 15.3. The van der Waals surface area contributed by atoms with Crippen LogP contribution in [0.5, 0.6) is 0 Å². The lowest BCUT2D eigenvalue weighted by Gasteiger charge is -2.16. The second-order valence-corrected chi connectivity index (χ2v) is 6.13. The van der Waals surface area contributed by atoms with Crippen molar-refractivity contribution < 1.29 is 34.1 Å². The third kappa shape index (κ3) is 7.33. The molecule has 0 unspecified atom stereocenters. The number of aliphatic carboxylic acids is 2. The number of rotatable bonds is 8. The van der Waals surface area contributed by atoms with Gasteiger partial charge in [0.2, 0.25) is 0 Å².